The van der Waals surface area contributed by atoms with Gasteiger partial charge in [-0.2, -0.15) is 13.2 Å². The van der Waals surface area contributed by atoms with E-state index in [1.807, 2.05) is 64.8 Å². The molecule has 4 rings (SSSR count). The maximum Gasteiger partial charge on any atom is 0.416 e. The van der Waals surface area contributed by atoms with Crippen LogP contribution in [-0.2, 0) is 37.4 Å². The van der Waals surface area contributed by atoms with Crippen LogP contribution in [0.5, 0.6) is 0 Å². The van der Waals surface area contributed by atoms with Crippen molar-refractivity contribution in [2.24, 2.45) is 7.05 Å². The number of nitrogens with one attached hydrogen (secondary N) is 1. The number of aryl methyl sites for hydroxylation is 2. The van der Waals surface area contributed by atoms with E-state index < -0.39 is 17.6 Å². The van der Waals surface area contributed by atoms with Crippen LogP contribution in [-0.4, -0.2) is 31.0 Å². The highest BCUT2D eigenvalue weighted by atomic mass is 35.5. The summed E-state index contributed by atoms with van der Waals surface area (Å²) < 4.78 is 43.1. The van der Waals surface area contributed by atoms with Gasteiger partial charge in [-0.1, -0.05) is 53.7 Å². The molecule has 1 amide bonds. The Bertz CT molecular complexity index is 1340. The quantitative estimate of drug-likeness (QED) is 0.274. The second-order valence-electron chi connectivity index (χ2n) is 8.10. The lowest BCUT2D eigenvalue weighted by molar-refractivity contribution is -0.137. The topological polar surface area (TPSA) is 64.7 Å². The Morgan fingerprint density at radius 3 is 2.56 bits per heavy atom. The summed E-state index contributed by atoms with van der Waals surface area (Å²) in [6.07, 6.45) is -1.27. The van der Waals surface area contributed by atoms with Gasteiger partial charge in [0.25, 0.3) is 0 Å². The zero-order chi connectivity index (χ0) is 25.7. The zero-order valence-electron chi connectivity index (χ0n) is 19.3. The van der Waals surface area contributed by atoms with Crippen molar-refractivity contribution in [3.63, 3.8) is 0 Å². The van der Waals surface area contributed by atoms with E-state index in [2.05, 4.69) is 15.5 Å². The number of hydrogen-bond donors (Lipinski definition) is 1. The zero-order valence-corrected chi connectivity index (χ0v) is 20.9. The van der Waals surface area contributed by atoms with Crippen molar-refractivity contribution >= 4 is 35.0 Å². The van der Waals surface area contributed by atoms with E-state index in [1.165, 1.54) is 11.8 Å². The molecular weight excluding hydrogens is 511 g/mol. The molecule has 0 atom stereocenters. The lowest BCUT2D eigenvalue weighted by Crippen LogP contribution is -2.16. The van der Waals surface area contributed by atoms with E-state index in [0.717, 1.165) is 41.7 Å². The molecular formula is C25H23ClF3N5OS. The molecule has 1 N–H and O–H groups in total. The van der Waals surface area contributed by atoms with E-state index in [4.69, 9.17) is 11.6 Å². The Labute approximate surface area is 215 Å². The molecule has 2 heterocycles. The van der Waals surface area contributed by atoms with Gasteiger partial charge in [0.1, 0.15) is 5.82 Å². The lowest BCUT2D eigenvalue weighted by Gasteiger charge is -2.12. The fourth-order valence-electron chi connectivity index (χ4n) is 3.62. The van der Waals surface area contributed by atoms with Crippen molar-refractivity contribution in [1.29, 1.82) is 0 Å². The lowest BCUT2D eigenvalue weighted by atomic mass is 10.1. The van der Waals surface area contributed by atoms with E-state index in [9.17, 15) is 18.0 Å². The highest BCUT2D eigenvalue weighted by Crippen LogP contribution is 2.34. The summed E-state index contributed by atoms with van der Waals surface area (Å²) in [4.78, 5) is 12.6. The van der Waals surface area contributed by atoms with Gasteiger partial charge in [0.05, 0.1) is 22.0 Å². The van der Waals surface area contributed by atoms with E-state index in [1.54, 1.807) is 0 Å². The molecule has 0 spiro atoms. The van der Waals surface area contributed by atoms with Crippen molar-refractivity contribution < 1.29 is 18.0 Å². The molecule has 4 aromatic rings. The molecule has 0 aliphatic carbocycles. The van der Waals surface area contributed by atoms with Gasteiger partial charge >= 0.3 is 6.18 Å². The molecule has 0 saturated heterocycles. The van der Waals surface area contributed by atoms with E-state index >= 15 is 0 Å². The van der Waals surface area contributed by atoms with Crippen LogP contribution in [0.15, 0.2) is 72.0 Å². The van der Waals surface area contributed by atoms with Crippen LogP contribution in [0.4, 0.5) is 18.9 Å². The molecule has 0 bridgehead atoms. The molecule has 0 saturated carbocycles. The maximum absolute atomic E-state index is 13.0. The normalized spacial score (nSPS) is 11.6. The van der Waals surface area contributed by atoms with Gasteiger partial charge in [0.15, 0.2) is 5.16 Å². The van der Waals surface area contributed by atoms with Crippen LogP contribution in [0.1, 0.15) is 22.6 Å². The van der Waals surface area contributed by atoms with Crippen LogP contribution < -0.4 is 5.32 Å². The summed E-state index contributed by atoms with van der Waals surface area (Å²) in [7, 11) is 1.96. The molecule has 0 fully saturated rings. The molecule has 11 heteroatoms. The second kappa shape index (κ2) is 11.2. The van der Waals surface area contributed by atoms with Crippen LogP contribution in [0.2, 0.25) is 5.02 Å². The molecule has 0 aliphatic heterocycles. The Morgan fingerprint density at radius 2 is 1.86 bits per heavy atom. The Balaban J connectivity index is 1.48. The van der Waals surface area contributed by atoms with Gasteiger partial charge < -0.3 is 14.5 Å². The summed E-state index contributed by atoms with van der Waals surface area (Å²) in [6.45, 7) is 0.611. The number of aromatic nitrogens is 4. The van der Waals surface area contributed by atoms with Crippen molar-refractivity contribution in [2.45, 2.75) is 30.7 Å². The number of anilines is 1. The molecule has 0 unspecified atom stereocenters. The second-order valence-corrected chi connectivity index (χ2v) is 9.45. The Kier molecular flexibility index (Phi) is 8.05. The summed E-state index contributed by atoms with van der Waals surface area (Å²) in [5.74, 6) is 0.194. The fourth-order valence-corrected chi connectivity index (χ4v) is 4.57. The molecule has 6 nitrogen and oxygen atoms in total. The Hall–Kier alpha value is -3.24. The summed E-state index contributed by atoms with van der Waals surface area (Å²) in [5, 5.41) is 11.7. The van der Waals surface area contributed by atoms with Gasteiger partial charge in [-0.15, -0.1) is 10.2 Å². The molecule has 2 aromatic carbocycles. The molecule has 2 aromatic heterocycles. The summed E-state index contributed by atoms with van der Waals surface area (Å²) >= 11 is 7.17. The number of alkyl halides is 3. The minimum absolute atomic E-state index is 0.0252. The number of nitrogens with zero attached hydrogens (tertiary/aromatic N) is 4. The van der Waals surface area contributed by atoms with Crippen LogP contribution in [0, 0.1) is 0 Å². The standard InChI is InChI=1S/C25H23ClF3N5OS/c1-33-12-5-8-19(33)15-22-31-32-24(34(22)13-11-17-6-3-2-4-7-17)36-16-23(35)30-21-14-18(25(27,28)29)9-10-20(21)26/h2-10,12,14H,11,13,15-16H2,1H3,(H,30,35). The number of carbonyl (C=O) groups excluding carboxylic acids is 1. The van der Waals surface area contributed by atoms with Crippen molar-refractivity contribution in [1.82, 2.24) is 19.3 Å². The third kappa shape index (κ3) is 6.50. The SMILES string of the molecule is Cn1cccc1Cc1nnc(SCC(=O)Nc2cc(C(F)(F)F)ccc2Cl)n1CCc1ccccc1. The van der Waals surface area contributed by atoms with Crippen LogP contribution in [0.3, 0.4) is 0 Å². The molecule has 0 aliphatic rings. The largest absolute Gasteiger partial charge is 0.416 e. The summed E-state index contributed by atoms with van der Waals surface area (Å²) in [6, 6.07) is 16.8. The predicted molar refractivity (Wildman–Crippen MR) is 134 cm³/mol. The first-order valence-corrected chi connectivity index (χ1v) is 12.4. The van der Waals surface area contributed by atoms with Crippen LogP contribution in [0.25, 0.3) is 0 Å². The fraction of sp³-hybridized carbons (Fsp3) is 0.240. The number of thioether (sulfide) groups is 1. The predicted octanol–water partition coefficient (Wildman–Crippen LogP) is 5.85. The molecule has 36 heavy (non-hydrogen) atoms. The summed E-state index contributed by atoms with van der Waals surface area (Å²) in [5.41, 5.74) is 1.24. The van der Waals surface area contributed by atoms with Gasteiger partial charge in [0, 0.05) is 31.9 Å². The maximum atomic E-state index is 13.0. The first-order valence-electron chi connectivity index (χ1n) is 11.1. The number of halogens is 4. The minimum atomic E-state index is -4.54. The minimum Gasteiger partial charge on any atom is -0.354 e. The molecule has 188 valence electrons. The number of carbonyl (C=O) groups is 1. The van der Waals surface area contributed by atoms with Crippen molar-refractivity contribution in [3.8, 4) is 0 Å². The first kappa shape index (κ1) is 25.8. The average molecular weight is 534 g/mol. The van der Waals surface area contributed by atoms with E-state index in [0.29, 0.717) is 18.1 Å². The number of benzene rings is 2. The third-order valence-corrected chi connectivity index (χ3v) is 6.85. The Morgan fingerprint density at radius 1 is 1.08 bits per heavy atom. The highest BCUT2D eigenvalue weighted by molar-refractivity contribution is 7.99. The van der Waals surface area contributed by atoms with Gasteiger partial charge in [-0.05, 0) is 42.3 Å². The third-order valence-electron chi connectivity index (χ3n) is 5.55. The first-order chi connectivity index (χ1) is 17.2. The van der Waals surface area contributed by atoms with Gasteiger partial charge in [0.2, 0.25) is 5.91 Å². The van der Waals surface area contributed by atoms with Crippen molar-refractivity contribution in [3.05, 3.63) is 94.5 Å². The monoisotopic (exact) mass is 533 g/mol. The van der Waals surface area contributed by atoms with Gasteiger partial charge in [-0.3, -0.25) is 4.79 Å². The smallest absolute Gasteiger partial charge is 0.354 e. The average Bonchev–Trinajstić information content (AvgIpc) is 3.43. The van der Waals surface area contributed by atoms with Gasteiger partial charge in [-0.25, -0.2) is 0 Å². The number of amides is 1. The van der Waals surface area contributed by atoms with E-state index in [-0.39, 0.29) is 16.5 Å². The van der Waals surface area contributed by atoms with Crippen molar-refractivity contribution in [2.75, 3.05) is 11.1 Å². The van der Waals surface area contributed by atoms with Crippen LogP contribution >= 0.6 is 23.4 Å². The molecule has 0 radical (unpaired) electrons. The number of hydrogen-bond acceptors (Lipinski definition) is 4. The highest BCUT2D eigenvalue weighted by Gasteiger charge is 2.31. The number of rotatable bonds is 9.